The van der Waals surface area contributed by atoms with Crippen LogP contribution in [0.3, 0.4) is 0 Å². The van der Waals surface area contributed by atoms with Gasteiger partial charge in [0.05, 0.1) is 18.0 Å². The summed E-state index contributed by atoms with van der Waals surface area (Å²) < 4.78 is 59.1. The van der Waals surface area contributed by atoms with Crippen LogP contribution >= 0.6 is 12.2 Å². The van der Waals surface area contributed by atoms with Crippen molar-refractivity contribution in [3.05, 3.63) is 33.5 Å². The molecule has 0 bridgehead atoms. The van der Waals surface area contributed by atoms with E-state index in [-0.39, 0.29) is 10.2 Å². The Kier molecular flexibility index (Phi) is 3.02. The smallest absolute Gasteiger partial charge is 0.205 e. The van der Waals surface area contributed by atoms with Crippen LogP contribution in [0.25, 0.3) is 10.9 Å². The van der Waals surface area contributed by atoms with Gasteiger partial charge >= 0.3 is 0 Å². The van der Waals surface area contributed by atoms with Gasteiger partial charge in [-0.15, -0.1) is 0 Å². The largest absolute Gasteiger partial charge is 0.491 e. The molecule has 1 aromatic heterocycles. The minimum atomic E-state index is -1.53. The number of rotatable bonds is 1. The number of aromatic nitrogens is 1. The van der Waals surface area contributed by atoms with Crippen molar-refractivity contribution in [1.82, 2.24) is 4.98 Å². The number of methoxy groups -OCH3 is 1. The fourth-order valence-electron chi connectivity index (χ4n) is 1.64. The van der Waals surface area contributed by atoms with E-state index >= 15 is 0 Å². The Morgan fingerprint density at radius 3 is 2.17 bits per heavy atom. The van der Waals surface area contributed by atoms with Gasteiger partial charge in [-0.25, -0.2) is 13.2 Å². The van der Waals surface area contributed by atoms with Crippen molar-refractivity contribution in [1.29, 1.82) is 0 Å². The Balaban J connectivity index is 3.13. The van der Waals surface area contributed by atoms with E-state index in [1.54, 1.807) is 0 Å². The summed E-state index contributed by atoms with van der Waals surface area (Å²) in [5.74, 6) is -6.28. The Labute approximate surface area is 104 Å². The monoisotopic (exact) mass is 277 g/mol. The summed E-state index contributed by atoms with van der Waals surface area (Å²) in [6, 6.07) is 0. The van der Waals surface area contributed by atoms with Gasteiger partial charge in [0.15, 0.2) is 17.4 Å². The zero-order valence-electron chi connectivity index (χ0n) is 9.33. The maximum Gasteiger partial charge on any atom is 0.205 e. The van der Waals surface area contributed by atoms with Crippen molar-refractivity contribution in [2.45, 2.75) is 6.92 Å². The number of hydrogen-bond acceptors (Lipinski definition) is 2. The molecule has 1 N–H and O–H groups in total. The number of benzene rings is 1. The van der Waals surface area contributed by atoms with Gasteiger partial charge in [0.1, 0.15) is 10.5 Å². The molecule has 0 atom stereocenters. The molecular weight excluding hydrogens is 270 g/mol. The number of ether oxygens (including phenoxy) is 1. The first-order valence-electron chi connectivity index (χ1n) is 4.82. The third-order valence-corrected chi connectivity index (χ3v) is 3.02. The van der Waals surface area contributed by atoms with Gasteiger partial charge in [0, 0.05) is 5.56 Å². The van der Waals surface area contributed by atoms with Crippen LogP contribution in [-0.2, 0) is 0 Å². The number of pyridine rings is 1. The predicted molar refractivity (Wildman–Crippen MR) is 60.3 cm³/mol. The first kappa shape index (κ1) is 12.8. The third kappa shape index (κ3) is 1.58. The van der Waals surface area contributed by atoms with Crippen molar-refractivity contribution < 1.29 is 22.3 Å². The van der Waals surface area contributed by atoms with Crippen molar-refractivity contribution in [3.8, 4) is 5.75 Å². The van der Waals surface area contributed by atoms with Crippen LogP contribution in [0.5, 0.6) is 5.75 Å². The van der Waals surface area contributed by atoms with E-state index in [1.807, 2.05) is 0 Å². The summed E-state index contributed by atoms with van der Waals surface area (Å²) in [5, 5.41) is -0.711. The van der Waals surface area contributed by atoms with Gasteiger partial charge in [0.2, 0.25) is 5.82 Å². The van der Waals surface area contributed by atoms with E-state index in [9.17, 15) is 17.6 Å². The quantitative estimate of drug-likeness (QED) is 0.487. The highest BCUT2D eigenvalue weighted by molar-refractivity contribution is 7.71. The number of nitrogens with one attached hydrogen (secondary N) is 1. The molecule has 2 nitrogen and oxygen atoms in total. The standard InChI is InChI=1S/C11H7F4NOS/c1-3-5(12)4-6(13)10(17-2)8(15)7(14)9(4)16-11(3)18/h1-2H3,(H,16,18). The molecule has 0 fully saturated rings. The summed E-state index contributed by atoms with van der Waals surface area (Å²) in [5.41, 5.74) is -0.705. The first-order chi connectivity index (χ1) is 8.40. The van der Waals surface area contributed by atoms with Crippen molar-refractivity contribution in [2.75, 3.05) is 7.11 Å². The molecule has 1 aromatic carbocycles. The van der Waals surface area contributed by atoms with E-state index in [0.717, 1.165) is 7.11 Å². The molecule has 0 spiro atoms. The van der Waals surface area contributed by atoms with Gasteiger partial charge in [-0.2, -0.15) is 4.39 Å². The summed E-state index contributed by atoms with van der Waals surface area (Å²) in [7, 11) is 0.961. The second kappa shape index (κ2) is 4.24. The second-order valence-electron chi connectivity index (χ2n) is 3.62. The molecule has 0 saturated heterocycles. The van der Waals surface area contributed by atoms with Crippen LogP contribution < -0.4 is 4.74 Å². The van der Waals surface area contributed by atoms with Crippen molar-refractivity contribution in [2.24, 2.45) is 0 Å². The Hall–Kier alpha value is -1.63. The van der Waals surface area contributed by atoms with Gasteiger partial charge in [-0.3, -0.25) is 0 Å². The topological polar surface area (TPSA) is 25.0 Å². The highest BCUT2D eigenvalue weighted by Crippen LogP contribution is 2.33. The molecule has 0 aliphatic heterocycles. The maximum absolute atomic E-state index is 13.9. The third-order valence-electron chi connectivity index (χ3n) is 2.61. The van der Waals surface area contributed by atoms with Crippen LogP contribution in [0.2, 0.25) is 0 Å². The molecule has 96 valence electrons. The lowest BCUT2D eigenvalue weighted by molar-refractivity contribution is 0.350. The normalized spacial score (nSPS) is 11.0. The van der Waals surface area contributed by atoms with E-state index in [2.05, 4.69) is 9.72 Å². The van der Waals surface area contributed by atoms with Crippen LogP contribution in [0.4, 0.5) is 17.6 Å². The number of fused-ring (bicyclic) bond motifs is 1. The first-order valence-corrected chi connectivity index (χ1v) is 5.23. The van der Waals surface area contributed by atoms with Crippen LogP contribution in [0.1, 0.15) is 5.56 Å². The molecule has 2 rings (SSSR count). The lowest BCUT2D eigenvalue weighted by atomic mass is 10.1. The van der Waals surface area contributed by atoms with Gasteiger partial charge in [-0.05, 0) is 6.92 Å². The molecule has 0 saturated carbocycles. The molecular formula is C11H7F4NOS. The van der Waals surface area contributed by atoms with E-state index in [0.29, 0.717) is 0 Å². The second-order valence-corrected chi connectivity index (χ2v) is 4.03. The minimum Gasteiger partial charge on any atom is -0.491 e. The number of aromatic amines is 1. The predicted octanol–water partition coefficient (Wildman–Crippen LogP) is 3.77. The van der Waals surface area contributed by atoms with E-state index in [1.165, 1.54) is 6.92 Å². The highest BCUT2D eigenvalue weighted by atomic mass is 32.1. The fraction of sp³-hybridized carbons (Fsp3) is 0.182. The molecule has 0 aliphatic rings. The number of hydrogen-bond donors (Lipinski definition) is 1. The van der Waals surface area contributed by atoms with Gasteiger partial charge in [-0.1, -0.05) is 12.2 Å². The van der Waals surface area contributed by atoms with Gasteiger partial charge < -0.3 is 9.72 Å². The molecule has 7 heteroatoms. The Morgan fingerprint density at radius 2 is 1.61 bits per heavy atom. The van der Waals surface area contributed by atoms with Crippen LogP contribution in [-0.4, -0.2) is 12.1 Å². The zero-order chi connectivity index (χ0) is 13.6. The average Bonchev–Trinajstić information content (AvgIpc) is 2.33. The van der Waals surface area contributed by atoms with Crippen molar-refractivity contribution >= 4 is 23.1 Å². The van der Waals surface area contributed by atoms with Crippen molar-refractivity contribution in [3.63, 3.8) is 0 Å². The molecule has 0 radical (unpaired) electrons. The molecule has 18 heavy (non-hydrogen) atoms. The summed E-state index contributed by atoms with van der Waals surface area (Å²) in [6.07, 6.45) is 0. The molecule has 2 aromatic rings. The summed E-state index contributed by atoms with van der Waals surface area (Å²) in [4.78, 5) is 2.26. The van der Waals surface area contributed by atoms with E-state index < -0.39 is 39.9 Å². The van der Waals surface area contributed by atoms with Crippen LogP contribution in [0, 0.1) is 34.8 Å². The molecule has 1 heterocycles. The summed E-state index contributed by atoms with van der Waals surface area (Å²) >= 11 is 4.74. The number of H-pyrrole nitrogens is 1. The highest BCUT2D eigenvalue weighted by Gasteiger charge is 2.24. The average molecular weight is 277 g/mol. The lowest BCUT2D eigenvalue weighted by Crippen LogP contribution is -2.03. The summed E-state index contributed by atoms with van der Waals surface area (Å²) in [6.45, 7) is 1.31. The zero-order valence-corrected chi connectivity index (χ0v) is 10.1. The molecule has 0 unspecified atom stereocenters. The van der Waals surface area contributed by atoms with Crippen LogP contribution in [0.15, 0.2) is 0 Å². The van der Waals surface area contributed by atoms with Gasteiger partial charge in [0.25, 0.3) is 0 Å². The minimum absolute atomic E-state index is 0.0514. The Bertz CT molecular complexity index is 711. The fourth-order valence-corrected chi connectivity index (χ4v) is 1.83. The molecule has 0 aliphatic carbocycles. The SMILES string of the molecule is COc1c(F)c(F)c2[nH]c(=S)c(C)c(F)c2c1F. The Morgan fingerprint density at radius 1 is 1.00 bits per heavy atom. The maximum atomic E-state index is 13.9. The number of halogens is 4. The molecule has 0 amide bonds. The van der Waals surface area contributed by atoms with E-state index in [4.69, 9.17) is 12.2 Å². The lowest BCUT2D eigenvalue weighted by Gasteiger charge is -2.10.